The quantitative estimate of drug-likeness (QED) is 0.322. The highest BCUT2D eigenvalue weighted by Crippen LogP contribution is 2.31. The lowest BCUT2D eigenvalue weighted by atomic mass is 10.1. The Bertz CT molecular complexity index is 1110. The molecule has 0 unspecified atom stereocenters. The van der Waals surface area contributed by atoms with E-state index in [0.29, 0.717) is 18.9 Å². The smallest absolute Gasteiger partial charge is 0.231 e. The lowest BCUT2D eigenvalue weighted by Crippen LogP contribution is -2.32. The van der Waals surface area contributed by atoms with E-state index < -0.39 is 0 Å². The minimum Gasteiger partial charge on any atom is -0.497 e. The minimum atomic E-state index is 0.0411. The second kappa shape index (κ2) is 15.3. The molecule has 0 saturated carbocycles. The molecule has 1 aromatic carbocycles. The summed E-state index contributed by atoms with van der Waals surface area (Å²) in [5.74, 6) is 1.29. The van der Waals surface area contributed by atoms with Crippen LogP contribution in [-0.2, 0) is 11.3 Å². The monoisotopic (exact) mass is 520 g/mol. The van der Waals surface area contributed by atoms with E-state index in [9.17, 15) is 4.79 Å². The molecule has 0 radical (unpaired) electrons. The van der Waals surface area contributed by atoms with E-state index in [1.54, 1.807) is 7.11 Å². The van der Waals surface area contributed by atoms with Crippen molar-refractivity contribution in [1.82, 2.24) is 4.98 Å². The Kier molecular flexibility index (Phi) is 12.5. The van der Waals surface area contributed by atoms with Crippen LogP contribution < -0.4 is 14.5 Å². The number of ether oxygens (including phenoxy) is 1. The molecule has 38 heavy (non-hydrogen) atoms. The second-order valence-electron chi connectivity index (χ2n) is 10.1. The number of pyridine rings is 1. The van der Waals surface area contributed by atoms with Gasteiger partial charge in [0, 0.05) is 25.2 Å². The highest BCUT2D eigenvalue weighted by molar-refractivity contribution is 6.07. The first-order chi connectivity index (χ1) is 18.2. The van der Waals surface area contributed by atoms with Crippen molar-refractivity contribution < 1.29 is 9.53 Å². The minimum absolute atomic E-state index is 0.0411. The van der Waals surface area contributed by atoms with Crippen LogP contribution in [0.2, 0.25) is 0 Å². The van der Waals surface area contributed by atoms with Crippen LogP contribution >= 0.6 is 0 Å². The fourth-order valence-corrected chi connectivity index (χ4v) is 4.71. The first kappa shape index (κ1) is 31.1. The lowest BCUT2D eigenvalue weighted by Gasteiger charge is -2.28. The first-order valence-corrected chi connectivity index (χ1v) is 14.2. The number of allylic oxidation sites excluding steroid dienone is 1. The number of carbonyl (C=O) groups is 1. The van der Waals surface area contributed by atoms with Gasteiger partial charge in [0.05, 0.1) is 36.9 Å². The summed E-state index contributed by atoms with van der Waals surface area (Å²) < 4.78 is 5.51. The number of benzene rings is 1. The number of rotatable bonds is 10. The number of nitrogens with zero attached hydrogens (tertiary/aromatic N) is 4. The number of aromatic nitrogens is 1. The zero-order valence-corrected chi connectivity index (χ0v) is 25.1. The summed E-state index contributed by atoms with van der Waals surface area (Å²) >= 11 is 0. The topological polar surface area (TPSA) is 58.0 Å². The van der Waals surface area contributed by atoms with Crippen LogP contribution in [0.15, 0.2) is 47.2 Å². The summed E-state index contributed by atoms with van der Waals surface area (Å²) in [5.41, 5.74) is 6.53. The van der Waals surface area contributed by atoms with E-state index >= 15 is 0 Å². The molecule has 0 fully saturated rings. The zero-order chi connectivity index (χ0) is 28.2. The molecule has 0 N–H and O–H groups in total. The third kappa shape index (κ3) is 8.44. The van der Waals surface area contributed by atoms with Crippen LogP contribution in [0, 0.1) is 12.8 Å². The van der Waals surface area contributed by atoms with Gasteiger partial charge in [-0.1, -0.05) is 53.7 Å². The van der Waals surface area contributed by atoms with Gasteiger partial charge in [-0.15, -0.1) is 0 Å². The van der Waals surface area contributed by atoms with Gasteiger partial charge in [0.15, 0.2) is 0 Å². The summed E-state index contributed by atoms with van der Waals surface area (Å²) in [7, 11) is 1.67. The van der Waals surface area contributed by atoms with Crippen LogP contribution in [-0.4, -0.2) is 36.8 Å². The number of aliphatic imine (C=N–C) groups is 1. The van der Waals surface area contributed by atoms with Crippen molar-refractivity contribution in [2.45, 2.75) is 87.6 Å². The first-order valence-electron chi connectivity index (χ1n) is 14.2. The maximum absolute atomic E-state index is 13.8. The average molecular weight is 521 g/mol. The van der Waals surface area contributed by atoms with Crippen molar-refractivity contribution >= 4 is 23.0 Å². The molecule has 0 aliphatic carbocycles. The van der Waals surface area contributed by atoms with Gasteiger partial charge in [-0.2, -0.15) is 0 Å². The van der Waals surface area contributed by atoms with Crippen LogP contribution in [0.25, 0.3) is 0 Å². The van der Waals surface area contributed by atoms with E-state index in [-0.39, 0.29) is 5.91 Å². The maximum atomic E-state index is 13.8. The Morgan fingerprint density at radius 3 is 2.34 bits per heavy atom. The van der Waals surface area contributed by atoms with Gasteiger partial charge in [0.1, 0.15) is 11.4 Å². The molecule has 1 aliphatic heterocycles. The van der Waals surface area contributed by atoms with E-state index in [4.69, 9.17) is 14.7 Å². The normalized spacial score (nSPS) is 14.8. The SMILES string of the molecule is CC.CCCN(CCC)c1cnc2c(c1)N(Cc1cc(C)cc(OC)c1)C(=O)C/C=C(/CC(C)C)N=C2C. The van der Waals surface area contributed by atoms with Gasteiger partial charge in [-0.25, -0.2) is 0 Å². The number of hydrogen-bond donors (Lipinski definition) is 0. The number of methoxy groups -OCH3 is 1. The maximum Gasteiger partial charge on any atom is 0.231 e. The van der Waals surface area contributed by atoms with Gasteiger partial charge in [-0.3, -0.25) is 14.8 Å². The molecule has 1 aromatic heterocycles. The third-order valence-corrected chi connectivity index (χ3v) is 6.27. The summed E-state index contributed by atoms with van der Waals surface area (Å²) in [6.07, 6.45) is 7.15. The molecule has 208 valence electrons. The summed E-state index contributed by atoms with van der Waals surface area (Å²) in [6, 6.07) is 8.25. The molecule has 6 heteroatoms. The van der Waals surface area contributed by atoms with Crippen molar-refractivity contribution in [3.05, 3.63) is 59.1 Å². The standard InChI is InChI=1S/C30H42N4O2.C2H6/c1-8-12-33(13-9-2)26-18-28-30(31-19-26)23(6)32-25(14-21(3)4)10-11-29(35)34(28)20-24-15-22(5)16-27(17-24)36-7;1-2/h10,15-19,21H,8-9,11-14,20H2,1-7H3;1-2H3/b25-10-,32-23?;. The molecule has 0 atom stereocenters. The zero-order valence-electron chi connectivity index (χ0n) is 25.1. The summed E-state index contributed by atoms with van der Waals surface area (Å²) in [4.78, 5) is 27.8. The number of carbonyl (C=O) groups excluding carboxylic acids is 1. The number of fused-ring (bicyclic) bond motifs is 1. The second-order valence-corrected chi connectivity index (χ2v) is 10.1. The van der Waals surface area contributed by atoms with Crippen LogP contribution in [0.4, 0.5) is 11.4 Å². The largest absolute Gasteiger partial charge is 0.497 e. The Balaban J connectivity index is 0.00000247. The molecule has 2 aromatic rings. The fraction of sp³-hybridized carbons (Fsp3) is 0.531. The van der Waals surface area contributed by atoms with Crippen molar-refractivity contribution in [3.8, 4) is 5.75 Å². The molecule has 1 amide bonds. The molecular formula is C32H48N4O2. The molecule has 6 nitrogen and oxygen atoms in total. The van der Waals surface area contributed by atoms with Gasteiger partial charge < -0.3 is 14.5 Å². The van der Waals surface area contributed by atoms with E-state index in [0.717, 1.165) is 77.7 Å². The molecule has 0 bridgehead atoms. The van der Waals surface area contributed by atoms with Gasteiger partial charge >= 0.3 is 0 Å². The predicted molar refractivity (Wildman–Crippen MR) is 162 cm³/mol. The van der Waals surface area contributed by atoms with Crippen molar-refractivity contribution in [3.63, 3.8) is 0 Å². The van der Waals surface area contributed by atoms with E-state index in [1.165, 1.54) is 0 Å². The predicted octanol–water partition coefficient (Wildman–Crippen LogP) is 7.73. The van der Waals surface area contributed by atoms with Gasteiger partial charge in [0.25, 0.3) is 0 Å². The average Bonchev–Trinajstić information content (AvgIpc) is 2.93. The van der Waals surface area contributed by atoms with Crippen LogP contribution in [0.5, 0.6) is 5.75 Å². The third-order valence-electron chi connectivity index (χ3n) is 6.27. The molecule has 2 heterocycles. The number of amides is 1. The van der Waals surface area contributed by atoms with Gasteiger partial charge in [-0.05, 0) is 68.4 Å². The Hall–Kier alpha value is -3.15. The van der Waals surface area contributed by atoms with E-state index in [1.807, 2.05) is 57.0 Å². The molecule has 0 spiro atoms. The molecule has 3 rings (SSSR count). The van der Waals surface area contributed by atoms with Crippen LogP contribution in [0.3, 0.4) is 0 Å². The van der Waals surface area contributed by atoms with Gasteiger partial charge in [0.2, 0.25) is 5.91 Å². The lowest BCUT2D eigenvalue weighted by molar-refractivity contribution is -0.118. The Morgan fingerprint density at radius 2 is 1.74 bits per heavy atom. The Morgan fingerprint density at radius 1 is 1.05 bits per heavy atom. The fourth-order valence-electron chi connectivity index (χ4n) is 4.71. The highest BCUT2D eigenvalue weighted by Gasteiger charge is 2.24. The van der Waals surface area contributed by atoms with Crippen molar-refractivity contribution in [2.75, 3.05) is 30.0 Å². The van der Waals surface area contributed by atoms with E-state index in [2.05, 4.69) is 44.7 Å². The summed E-state index contributed by atoms with van der Waals surface area (Å²) in [6.45, 7) is 19.1. The number of anilines is 2. The van der Waals surface area contributed by atoms with Crippen molar-refractivity contribution in [2.24, 2.45) is 10.9 Å². The number of aryl methyl sites for hydroxylation is 1. The molecular weight excluding hydrogens is 472 g/mol. The molecule has 1 aliphatic rings. The van der Waals surface area contributed by atoms with Crippen LogP contribution in [0.1, 0.15) is 91.0 Å². The Labute approximate surface area is 230 Å². The summed E-state index contributed by atoms with van der Waals surface area (Å²) in [5, 5.41) is 0. The molecule has 0 saturated heterocycles. The highest BCUT2D eigenvalue weighted by atomic mass is 16.5. The van der Waals surface area contributed by atoms with Crippen molar-refractivity contribution in [1.29, 1.82) is 0 Å². The number of hydrogen-bond acceptors (Lipinski definition) is 5.